The van der Waals surface area contributed by atoms with Crippen molar-refractivity contribution in [1.29, 1.82) is 0 Å². The Morgan fingerprint density at radius 1 is 1.71 bits per heavy atom. The molecule has 0 saturated heterocycles. The second-order valence-corrected chi connectivity index (χ2v) is 2.34. The van der Waals surface area contributed by atoms with Gasteiger partial charge in [0.1, 0.15) is 6.17 Å². The van der Waals surface area contributed by atoms with E-state index in [-0.39, 0.29) is 5.88 Å². The summed E-state index contributed by atoms with van der Waals surface area (Å²) in [6.07, 6.45) is -1.07. The molecule has 0 aliphatic heterocycles. The van der Waals surface area contributed by atoms with Gasteiger partial charge in [0.05, 0.1) is 11.3 Å². The quantitative estimate of drug-likeness (QED) is 0.522. The zero-order valence-corrected chi connectivity index (χ0v) is 5.51. The lowest BCUT2D eigenvalue weighted by molar-refractivity contribution is 0.361. The molecule has 0 aromatic rings. The maximum Gasteiger partial charge on any atom is 0.130 e. The normalized spacial score (nSPS) is 18.9. The maximum atomic E-state index is 12.0. The minimum atomic E-state index is -1.07. The fraction of sp³-hybridized carbons (Fsp3) is 1.00. The Kier molecular flexibility index (Phi) is 3.76. The molecule has 0 amide bonds. The van der Waals surface area contributed by atoms with Crippen LogP contribution < -0.4 is 0 Å². The van der Waals surface area contributed by atoms with Gasteiger partial charge in [0.2, 0.25) is 0 Å². The van der Waals surface area contributed by atoms with Crippen LogP contribution in [0.4, 0.5) is 4.39 Å². The van der Waals surface area contributed by atoms with Crippen molar-refractivity contribution in [3.05, 3.63) is 0 Å². The summed E-state index contributed by atoms with van der Waals surface area (Å²) in [4.78, 5) is 0. The number of rotatable bonds is 2. The van der Waals surface area contributed by atoms with Gasteiger partial charge in [0, 0.05) is 0 Å². The Balaban J connectivity index is 3.14. The molecule has 3 heteroatoms. The van der Waals surface area contributed by atoms with E-state index in [0.29, 0.717) is 0 Å². The highest BCUT2D eigenvalue weighted by atomic mass is 35.5. The van der Waals surface area contributed by atoms with E-state index >= 15 is 0 Å². The Hall–Kier alpha value is 0.510. The first-order chi connectivity index (χ1) is 3.18. The fourth-order valence-corrected chi connectivity index (χ4v) is 0.570. The van der Waals surface area contributed by atoms with Crippen LogP contribution in [0, 0.1) is 0 Å². The van der Waals surface area contributed by atoms with E-state index in [9.17, 15) is 4.39 Å². The lowest BCUT2D eigenvalue weighted by atomic mass is 10.3. The van der Waals surface area contributed by atoms with Gasteiger partial charge in [-0.05, 0) is 6.92 Å². The number of alkyl halides is 3. The summed E-state index contributed by atoms with van der Waals surface area (Å²) >= 11 is 10.4. The molecule has 0 saturated carbocycles. The molecule has 0 aliphatic carbocycles. The molecule has 0 spiro atoms. The largest absolute Gasteiger partial charge is 0.245 e. The summed E-state index contributed by atoms with van der Waals surface area (Å²) < 4.78 is 12.0. The van der Waals surface area contributed by atoms with Crippen molar-refractivity contribution in [2.75, 3.05) is 5.88 Å². The molecule has 0 rings (SSSR count). The van der Waals surface area contributed by atoms with Gasteiger partial charge in [-0.1, -0.05) is 0 Å². The first kappa shape index (κ1) is 7.51. The highest BCUT2D eigenvalue weighted by molar-refractivity contribution is 6.22. The van der Waals surface area contributed by atoms with Crippen molar-refractivity contribution in [2.45, 2.75) is 18.5 Å². The summed E-state index contributed by atoms with van der Waals surface area (Å²) in [6, 6.07) is 0. The molecule has 2 atom stereocenters. The van der Waals surface area contributed by atoms with Crippen LogP contribution in [0.15, 0.2) is 0 Å². The first-order valence-corrected chi connectivity index (χ1v) is 2.99. The van der Waals surface area contributed by atoms with E-state index in [2.05, 4.69) is 0 Å². The van der Waals surface area contributed by atoms with Crippen LogP contribution in [-0.2, 0) is 0 Å². The zero-order valence-electron chi connectivity index (χ0n) is 4.00. The van der Waals surface area contributed by atoms with E-state index in [1.165, 1.54) is 0 Å². The SMILES string of the molecule is CC(Cl)C(F)CCl. The van der Waals surface area contributed by atoms with Crippen molar-refractivity contribution >= 4 is 23.2 Å². The molecular weight excluding hydrogens is 138 g/mol. The molecule has 0 fully saturated rings. The number of hydrogen-bond donors (Lipinski definition) is 0. The maximum absolute atomic E-state index is 12.0. The van der Waals surface area contributed by atoms with Crippen LogP contribution in [0.3, 0.4) is 0 Å². The van der Waals surface area contributed by atoms with Crippen LogP contribution >= 0.6 is 23.2 Å². The second-order valence-electron chi connectivity index (χ2n) is 1.35. The van der Waals surface area contributed by atoms with Crippen LogP contribution in [0.5, 0.6) is 0 Å². The van der Waals surface area contributed by atoms with E-state index in [1.807, 2.05) is 0 Å². The van der Waals surface area contributed by atoms with Gasteiger partial charge >= 0.3 is 0 Å². The molecule has 2 unspecified atom stereocenters. The van der Waals surface area contributed by atoms with Crippen LogP contribution in [0.25, 0.3) is 0 Å². The van der Waals surface area contributed by atoms with Crippen LogP contribution in [0.2, 0.25) is 0 Å². The van der Waals surface area contributed by atoms with Gasteiger partial charge in [-0.15, -0.1) is 23.2 Å². The Bertz CT molecular complexity index is 47.0. The Morgan fingerprint density at radius 2 is 2.14 bits per heavy atom. The number of hydrogen-bond acceptors (Lipinski definition) is 0. The average molecular weight is 145 g/mol. The minimum absolute atomic E-state index is 0.00926. The summed E-state index contributed by atoms with van der Waals surface area (Å²) in [7, 11) is 0. The van der Waals surface area contributed by atoms with Gasteiger partial charge in [-0.2, -0.15) is 0 Å². The molecule has 44 valence electrons. The minimum Gasteiger partial charge on any atom is -0.245 e. The van der Waals surface area contributed by atoms with Crippen molar-refractivity contribution < 1.29 is 4.39 Å². The molecule has 0 aromatic heterocycles. The number of halogens is 3. The second kappa shape index (κ2) is 3.50. The first-order valence-electron chi connectivity index (χ1n) is 2.02. The Labute approximate surface area is 52.6 Å². The standard InChI is InChI=1S/C4H7Cl2F/c1-3(6)4(7)2-5/h3-4H,2H2,1H3. The summed E-state index contributed by atoms with van der Waals surface area (Å²) in [5.41, 5.74) is 0. The highest BCUT2D eigenvalue weighted by Gasteiger charge is 2.09. The Morgan fingerprint density at radius 3 is 2.14 bits per heavy atom. The van der Waals surface area contributed by atoms with Crippen molar-refractivity contribution in [1.82, 2.24) is 0 Å². The topological polar surface area (TPSA) is 0 Å². The average Bonchev–Trinajstić information content (AvgIpc) is 1.65. The van der Waals surface area contributed by atoms with Gasteiger partial charge in [0.15, 0.2) is 0 Å². The van der Waals surface area contributed by atoms with Crippen molar-refractivity contribution in [2.24, 2.45) is 0 Å². The molecule has 0 aromatic carbocycles. The molecule has 0 nitrogen and oxygen atoms in total. The third-order valence-corrected chi connectivity index (χ3v) is 1.21. The molecule has 0 radical (unpaired) electrons. The summed E-state index contributed by atoms with van der Waals surface area (Å²) in [5.74, 6) is -0.00926. The van der Waals surface area contributed by atoms with Crippen LogP contribution in [-0.4, -0.2) is 17.4 Å². The predicted octanol–water partition coefficient (Wildman–Crippen LogP) is 2.19. The molecule has 0 bridgehead atoms. The zero-order chi connectivity index (χ0) is 5.86. The third-order valence-electron chi connectivity index (χ3n) is 0.646. The van der Waals surface area contributed by atoms with Gasteiger partial charge in [-0.3, -0.25) is 0 Å². The van der Waals surface area contributed by atoms with E-state index < -0.39 is 11.5 Å². The molecular formula is C4H7Cl2F. The lowest BCUT2D eigenvalue weighted by Gasteiger charge is -2.02. The van der Waals surface area contributed by atoms with Gasteiger partial charge < -0.3 is 0 Å². The monoisotopic (exact) mass is 144 g/mol. The molecule has 0 N–H and O–H groups in total. The highest BCUT2D eigenvalue weighted by Crippen LogP contribution is 2.06. The molecule has 0 aliphatic rings. The predicted molar refractivity (Wildman–Crippen MR) is 30.9 cm³/mol. The third kappa shape index (κ3) is 3.12. The van der Waals surface area contributed by atoms with Crippen molar-refractivity contribution in [3.63, 3.8) is 0 Å². The van der Waals surface area contributed by atoms with E-state index in [4.69, 9.17) is 23.2 Å². The lowest BCUT2D eigenvalue weighted by Crippen LogP contribution is -2.12. The van der Waals surface area contributed by atoms with Gasteiger partial charge in [0.25, 0.3) is 0 Å². The smallest absolute Gasteiger partial charge is 0.130 e. The molecule has 7 heavy (non-hydrogen) atoms. The summed E-state index contributed by atoms with van der Waals surface area (Å²) in [6.45, 7) is 1.58. The fourth-order valence-electron chi connectivity index (χ4n) is 0.123. The summed E-state index contributed by atoms with van der Waals surface area (Å²) in [5, 5.41) is -0.461. The van der Waals surface area contributed by atoms with Gasteiger partial charge in [-0.25, -0.2) is 4.39 Å². The van der Waals surface area contributed by atoms with E-state index in [1.54, 1.807) is 6.92 Å². The van der Waals surface area contributed by atoms with E-state index in [0.717, 1.165) is 0 Å². The van der Waals surface area contributed by atoms with Crippen molar-refractivity contribution in [3.8, 4) is 0 Å². The van der Waals surface area contributed by atoms with Crippen LogP contribution in [0.1, 0.15) is 6.92 Å². The molecule has 0 heterocycles.